The van der Waals surface area contributed by atoms with E-state index in [1.165, 1.54) is 9.71 Å². The Labute approximate surface area is 166 Å². The van der Waals surface area contributed by atoms with Crippen molar-refractivity contribution in [3.63, 3.8) is 0 Å². The van der Waals surface area contributed by atoms with Crippen molar-refractivity contribution in [2.45, 2.75) is 25.3 Å². The highest BCUT2D eigenvalue weighted by Gasteiger charge is 2.43. The average Bonchev–Trinajstić information content (AvgIpc) is 3.53. The molecule has 1 aliphatic carbocycles. The van der Waals surface area contributed by atoms with Crippen molar-refractivity contribution in [2.24, 2.45) is 5.92 Å². The molecule has 1 aliphatic heterocycles. The van der Waals surface area contributed by atoms with Crippen LogP contribution in [0.15, 0.2) is 35.7 Å². The number of rotatable bonds is 7. The topological polar surface area (TPSA) is 93.5 Å². The van der Waals surface area contributed by atoms with Gasteiger partial charge in [0.25, 0.3) is 0 Å². The second kappa shape index (κ2) is 8.43. The first-order valence-corrected chi connectivity index (χ1v) is 11.0. The zero-order chi connectivity index (χ0) is 20.2. The number of carbonyl (C=O) groups is 1. The van der Waals surface area contributed by atoms with Crippen LogP contribution in [0.4, 0.5) is 0 Å². The van der Waals surface area contributed by atoms with Crippen molar-refractivity contribution in [1.29, 1.82) is 5.26 Å². The summed E-state index contributed by atoms with van der Waals surface area (Å²) in [5, 5.41) is 13.4. The Kier molecular flexibility index (Phi) is 6.18. The van der Waals surface area contributed by atoms with Crippen molar-refractivity contribution in [2.75, 3.05) is 32.7 Å². The van der Waals surface area contributed by atoms with Gasteiger partial charge in [0.15, 0.2) is 0 Å². The normalized spacial score (nSPS) is 21.1. The van der Waals surface area contributed by atoms with Gasteiger partial charge >= 0.3 is 0 Å². The molecule has 1 saturated carbocycles. The smallest absolute Gasteiger partial charge is 0.236 e. The van der Waals surface area contributed by atoms with Gasteiger partial charge in [0.05, 0.1) is 12.6 Å². The van der Waals surface area contributed by atoms with Gasteiger partial charge in [0.1, 0.15) is 5.54 Å². The Bertz CT molecular complexity index is 866. The van der Waals surface area contributed by atoms with Crippen molar-refractivity contribution in [1.82, 2.24) is 14.5 Å². The van der Waals surface area contributed by atoms with E-state index in [0.29, 0.717) is 26.2 Å². The van der Waals surface area contributed by atoms with Crippen LogP contribution in [-0.2, 0) is 14.8 Å². The van der Waals surface area contributed by atoms with E-state index in [1.807, 2.05) is 35.2 Å². The zero-order valence-corrected chi connectivity index (χ0v) is 16.9. The molecule has 1 N–H and O–H groups in total. The van der Waals surface area contributed by atoms with Crippen LogP contribution in [0, 0.1) is 17.2 Å². The van der Waals surface area contributed by atoms with Crippen LogP contribution < -0.4 is 5.32 Å². The molecule has 150 valence electrons. The van der Waals surface area contributed by atoms with Gasteiger partial charge in [0, 0.05) is 31.6 Å². The van der Waals surface area contributed by atoms with E-state index in [1.54, 1.807) is 13.0 Å². The van der Waals surface area contributed by atoms with Gasteiger partial charge in [-0.3, -0.25) is 9.69 Å². The number of hydrogen-bond donors (Lipinski definition) is 1. The maximum absolute atomic E-state index is 12.5. The predicted molar refractivity (Wildman–Crippen MR) is 107 cm³/mol. The Hall–Kier alpha value is -2.21. The molecule has 2 aliphatic rings. The van der Waals surface area contributed by atoms with Gasteiger partial charge in [-0.05, 0) is 37.3 Å². The van der Waals surface area contributed by atoms with E-state index < -0.39 is 15.6 Å². The number of sulfonamides is 1. The van der Waals surface area contributed by atoms with Crippen LogP contribution in [0.1, 0.15) is 25.3 Å². The van der Waals surface area contributed by atoms with Crippen LogP contribution in [0.3, 0.4) is 0 Å². The third-order valence-electron chi connectivity index (χ3n) is 5.32. The summed E-state index contributed by atoms with van der Waals surface area (Å²) in [6.45, 7) is 3.60. The van der Waals surface area contributed by atoms with Crippen molar-refractivity contribution in [3.8, 4) is 6.07 Å². The number of piperazine rings is 1. The van der Waals surface area contributed by atoms with Crippen LogP contribution in [0.25, 0.3) is 6.08 Å². The molecule has 1 aromatic carbocycles. The first-order chi connectivity index (χ1) is 13.3. The molecule has 3 rings (SSSR count). The second-order valence-electron chi connectivity index (χ2n) is 7.57. The molecule has 0 radical (unpaired) electrons. The van der Waals surface area contributed by atoms with E-state index in [2.05, 4.69) is 11.4 Å². The Morgan fingerprint density at radius 3 is 2.46 bits per heavy atom. The molecule has 1 heterocycles. The number of amides is 1. The first kappa shape index (κ1) is 20.5. The monoisotopic (exact) mass is 402 g/mol. The summed E-state index contributed by atoms with van der Waals surface area (Å²) in [4.78, 5) is 14.2. The first-order valence-electron chi connectivity index (χ1n) is 9.50. The summed E-state index contributed by atoms with van der Waals surface area (Å²) in [5.41, 5.74) is 0.0300. The molecule has 1 atom stereocenters. The molecule has 0 unspecified atom stereocenters. The van der Waals surface area contributed by atoms with Crippen LogP contribution in [0.5, 0.6) is 0 Å². The molecular formula is C20H26N4O3S. The highest BCUT2D eigenvalue weighted by Crippen LogP contribution is 2.39. The lowest BCUT2D eigenvalue weighted by Crippen LogP contribution is -2.54. The fourth-order valence-electron chi connectivity index (χ4n) is 3.37. The highest BCUT2D eigenvalue weighted by molar-refractivity contribution is 7.92. The summed E-state index contributed by atoms with van der Waals surface area (Å²) in [6.07, 6.45) is 3.53. The van der Waals surface area contributed by atoms with Crippen LogP contribution >= 0.6 is 0 Å². The molecule has 0 spiro atoms. The van der Waals surface area contributed by atoms with E-state index >= 15 is 0 Å². The van der Waals surface area contributed by atoms with Gasteiger partial charge in [-0.2, -0.15) is 9.57 Å². The van der Waals surface area contributed by atoms with E-state index in [4.69, 9.17) is 0 Å². The largest absolute Gasteiger partial charge is 0.337 e. The lowest BCUT2D eigenvalue weighted by molar-refractivity contribution is -0.123. The number of hydrogen-bond acceptors (Lipinski definition) is 5. The minimum Gasteiger partial charge on any atom is -0.337 e. The van der Waals surface area contributed by atoms with Gasteiger partial charge < -0.3 is 5.32 Å². The second-order valence-corrected chi connectivity index (χ2v) is 9.39. The SMILES string of the molecule is C[C@](C#N)(NC(=O)CN1CCN(S(=O)(=O)/C=C/c2ccccc2)CC1)C1CC1. The molecule has 1 aromatic rings. The zero-order valence-electron chi connectivity index (χ0n) is 16.0. The lowest BCUT2D eigenvalue weighted by atomic mass is 9.98. The minimum absolute atomic E-state index is 0.178. The molecule has 1 amide bonds. The number of benzene rings is 1. The maximum atomic E-state index is 12.5. The summed E-state index contributed by atoms with van der Waals surface area (Å²) in [5.74, 6) is 0.0519. The van der Waals surface area contributed by atoms with Crippen molar-refractivity contribution in [3.05, 3.63) is 41.3 Å². The van der Waals surface area contributed by atoms with Crippen molar-refractivity contribution < 1.29 is 13.2 Å². The quantitative estimate of drug-likeness (QED) is 0.744. The minimum atomic E-state index is -3.49. The predicted octanol–water partition coefficient (Wildman–Crippen LogP) is 1.41. The number of nitrogens with zero attached hydrogens (tertiary/aromatic N) is 3. The Morgan fingerprint density at radius 1 is 1.25 bits per heavy atom. The molecule has 7 nitrogen and oxygen atoms in total. The maximum Gasteiger partial charge on any atom is 0.236 e. The summed E-state index contributed by atoms with van der Waals surface area (Å²) in [6, 6.07) is 11.5. The van der Waals surface area contributed by atoms with E-state index in [9.17, 15) is 18.5 Å². The Balaban J connectivity index is 1.49. The number of carbonyl (C=O) groups excluding carboxylic acids is 1. The summed E-state index contributed by atoms with van der Waals surface area (Å²) < 4.78 is 26.4. The molecule has 28 heavy (non-hydrogen) atoms. The molecule has 1 saturated heterocycles. The Morgan fingerprint density at radius 2 is 1.89 bits per heavy atom. The van der Waals surface area contributed by atoms with Crippen LogP contribution in [0.2, 0.25) is 0 Å². The number of nitriles is 1. The molecule has 2 fully saturated rings. The third kappa shape index (κ3) is 5.19. The van der Waals surface area contributed by atoms with Crippen molar-refractivity contribution >= 4 is 22.0 Å². The van der Waals surface area contributed by atoms with Gasteiger partial charge in [-0.15, -0.1) is 0 Å². The van der Waals surface area contributed by atoms with E-state index in [-0.39, 0.29) is 18.4 Å². The van der Waals surface area contributed by atoms with Crippen LogP contribution in [-0.4, -0.2) is 61.8 Å². The summed E-state index contributed by atoms with van der Waals surface area (Å²) >= 11 is 0. The molecule has 0 bridgehead atoms. The fourth-order valence-corrected chi connectivity index (χ4v) is 4.54. The molecule has 0 aromatic heterocycles. The van der Waals surface area contributed by atoms with Gasteiger partial charge in [-0.25, -0.2) is 8.42 Å². The standard InChI is InChI=1S/C20H26N4O3S/c1-20(16-21,18-7-8-18)22-19(25)15-23-10-12-24(13-11-23)28(26,27)14-9-17-5-3-2-4-6-17/h2-6,9,14,18H,7-8,10-13,15H2,1H3,(H,22,25)/b14-9+/t20-/m1/s1. The average molecular weight is 403 g/mol. The fraction of sp³-hybridized carbons (Fsp3) is 0.500. The lowest BCUT2D eigenvalue weighted by Gasteiger charge is -2.33. The summed E-state index contributed by atoms with van der Waals surface area (Å²) in [7, 11) is -3.49. The molecular weight excluding hydrogens is 376 g/mol. The van der Waals surface area contributed by atoms with E-state index in [0.717, 1.165) is 18.4 Å². The molecule has 8 heteroatoms. The third-order valence-corrected chi connectivity index (χ3v) is 6.88. The van der Waals surface area contributed by atoms with Gasteiger partial charge in [-0.1, -0.05) is 30.3 Å². The highest BCUT2D eigenvalue weighted by atomic mass is 32.2. The van der Waals surface area contributed by atoms with Gasteiger partial charge in [0.2, 0.25) is 15.9 Å². The number of nitrogens with one attached hydrogen (secondary N) is 1.